The van der Waals surface area contributed by atoms with E-state index in [4.69, 9.17) is 14.2 Å². The fraction of sp³-hybridized carbons (Fsp3) is 0.364. The molecule has 0 saturated heterocycles. The van der Waals surface area contributed by atoms with E-state index in [9.17, 15) is 14.0 Å². The van der Waals surface area contributed by atoms with Crippen LogP contribution in [0, 0.1) is 5.82 Å². The van der Waals surface area contributed by atoms with Crippen LogP contribution in [0.1, 0.15) is 24.5 Å². The topological polar surface area (TPSA) is 65.1 Å². The van der Waals surface area contributed by atoms with E-state index in [0.29, 0.717) is 30.0 Å². The van der Waals surface area contributed by atoms with E-state index in [0.717, 1.165) is 5.56 Å². The fourth-order valence-corrected chi connectivity index (χ4v) is 2.82. The van der Waals surface area contributed by atoms with E-state index < -0.39 is 5.97 Å². The summed E-state index contributed by atoms with van der Waals surface area (Å²) in [6, 6.07) is 11.5. The molecule has 0 radical (unpaired) electrons. The first kappa shape index (κ1) is 22.2. The van der Waals surface area contributed by atoms with Gasteiger partial charge in [0.15, 0.2) is 18.1 Å². The van der Waals surface area contributed by atoms with Crippen LogP contribution in [0.3, 0.4) is 0 Å². The molecule has 29 heavy (non-hydrogen) atoms. The second-order valence-corrected chi connectivity index (χ2v) is 6.39. The number of ether oxygens (including phenoxy) is 3. The van der Waals surface area contributed by atoms with Gasteiger partial charge in [0.05, 0.1) is 14.2 Å². The van der Waals surface area contributed by atoms with Gasteiger partial charge in [0, 0.05) is 19.5 Å². The lowest BCUT2D eigenvalue weighted by Crippen LogP contribution is -2.34. The Hall–Kier alpha value is -3.09. The zero-order valence-electron chi connectivity index (χ0n) is 16.9. The van der Waals surface area contributed by atoms with Crippen molar-refractivity contribution in [3.8, 4) is 11.5 Å². The van der Waals surface area contributed by atoms with Gasteiger partial charge in [-0.15, -0.1) is 0 Å². The van der Waals surface area contributed by atoms with Crippen molar-refractivity contribution in [1.29, 1.82) is 0 Å². The normalized spacial score (nSPS) is 10.3. The lowest BCUT2D eigenvalue weighted by atomic mass is 10.1. The van der Waals surface area contributed by atoms with Crippen LogP contribution >= 0.6 is 0 Å². The summed E-state index contributed by atoms with van der Waals surface area (Å²) in [5, 5.41) is 0. The third-order valence-electron chi connectivity index (χ3n) is 4.42. The minimum Gasteiger partial charge on any atom is -0.493 e. The number of likely N-dealkylation sites (N-methyl/N-ethyl adjacent to an activating group) is 1. The average molecular weight is 403 g/mol. The molecule has 0 aliphatic heterocycles. The third-order valence-corrected chi connectivity index (χ3v) is 4.42. The molecule has 2 rings (SSSR count). The maximum absolute atomic E-state index is 13.3. The van der Waals surface area contributed by atoms with Crippen molar-refractivity contribution in [1.82, 2.24) is 4.90 Å². The molecule has 1 amide bonds. The number of hydrogen-bond acceptors (Lipinski definition) is 5. The Morgan fingerprint density at radius 2 is 1.76 bits per heavy atom. The van der Waals surface area contributed by atoms with Crippen molar-refractivity contribution in [2.75, 3.05) is 27.4 Å². The summed E-state index contributed by atoms with van der Waals surface area (Å²) in [7, 11) is 3.10. The summed E-state index contributed by atoms with van der Waals surface area (Å²) in [5.41, 5.74) is 1.58. The van der Waals surface area contributed by atoms with E-state index >= 15 is 0 Å². The van der Waals surface area contributed by atoms with E-state index in [2.05, 4.69) is 0 Å². The largest absolute Gasteiger partial charge is 0.493 e. The molecule has 0 unspecified atom stereocenters. The van der Waals surface area contributed by atoms with E-state index in [1.54, 1.807) is 38.5 Å². The molecule has 0 spiro atoms. The summed E-state index contributed by atoms with van der Waals surface area (Å²) in [6.45, 7) is 2.17. The van der Waals surface area contributed by atoms with Crippen LogP contribution in [0.15, 0.2) is 42.5 Å². The first-order valence-corrected chi connectivity index (χ1v) is 9.35. The number of aryl methyl sites for hydroxylation is 1. The molecule has 0 saturated carbocycles. The minimum atomic E-state index is -0.463. The Bertz CT molecular complexity index is 840. The monoisotopic (exact) mass is 403 g/mol. The van der Waals surface area contributed by atoms with Crippen LogP contribution in [0.5, 0.6) is 11.5 Å². The van der Waals surface area contributed by atoms with Gasteiger partial charge >= 0.3 is 5.97 Å². The molecule has 0 aliphatic carbocycles. The van der Waals surface area contributed by atoms with Crippen LogP contribution < -0.4 is 9.47 Å². The summed E-state index contributed by atoms with van der Waals surface area (Å²) in [5.74, 6) is 0.0608. The Kier molecular flexibility index (Phi) is 8.45. The molecule has 156 valence electrons. The van der Waals surface area contributed by atoms with Crippen molar-refractivity contribution in [2.45, 2.75) is 26.3 Å². The van der Waals surface area contributed by atoms with Gasteiger partial charge in [0.25, 0.3) is 5.91 Å². The Labute approximate surface area is 170 Å². The molecule has 2 aromatic carbocycles. The second-order valence-electron chi connectivity index (χ2n) is 6.39. The van der Waals surface area contributed by atoms with Crippen LogP contribution in [0.25, 0.3) is 0 Å². The summed E-state index contributed by atoms with van der Waals surface area (Å²) in [6.07, 6.45) is 0.590. The summed E-state index contributed by atoms with van der Waals surface area (Å²) < 4.78 is 28.8. The van der Waals surface area contributed by atoms with E-state index in [1.807, 2.05) is 13.0 Å². The van der Waals surface area contributed by atoms with Gasteiger partial charge in [-0.2, -0.15) is 0 Å². The van der Waals surface area contributed by atoms with Gasteiger partial charge < -0.3 is 19.1 Å². The summed E-state index contributed by atoms with van der Waals surface area (Å²) >= 11 is 0. The molecule has 7 heteroatoms. The maximum Gasteiger partial charge on any atom is 0.306 e. The van der Waals surface area contributed by atoms with E-state index in [-0.39, 0.29) is 31.3 Å². The lowest BCUT2D eigenvalue weighted by molar-refractivity contribution is -0.152. The highest BCUT2D eigenvalue weighted by molar-refractivity contribution is 5.80. The molecule has 0 aliphatic rings. The van der Waals surface area contributed by atoms with Gasteiger partial charge in [0.1, 0.15) is 5.82 Å². The lowest BCUT2D eigenvalue weighted by Gasteiger charge is -2.21. The first-order valence-electron chi connectivity index (χ1n) is 9.35. The van der Waals surface area contributed by atoms with Gasteiger partial charge in [-0.25, -0.2) is 4.39 Å². The van der Waals surface area contributed by atoms with Gasteiger partial charge in [-0.3, -0.25) is 9.59 Å². The highest BCUT2D eigenvalue weighted by Crippen LogP contribution is 2.28. The average Bonchev–Trinajstić information content (AvgIpc) is 2.74. The fourth-order valence-electron chi connectivity index (χ4n) is 2.82. The quantitative estimate of drug-likeness (QED) is 0.569. The zero-order valence-corrected chi connectivity index (χ0v) is 16.9. The second kappa shape index (κ2) is 11.0. The molecular formula is C22H26FNO5. The van der Waals surface area contributed by atoms with Gasteiger partial charge in [-0.05, 0) is 48.7 Å². The van der Waals surface area contributed by atoms with Gasteiger partial charge in [0.2, 0.25) is 0 Å². The molecule has 0 N–H and O–H groups in total. The Morgan fingerprint density at radius 1 is 1.00 bits per heavy atom. The molecule has 0 heterocycles. The molecule has 0 aromatic heterocycles. The van der Waals surface area contributed by atoms with Crippen molar-refractivity contribution in [3.05, 3.63) is 59.4 Å². The number of halogens is 1. The van der Waals surface area contributed by atoms with Crippen molar-refractivity contribution < 1.29 is 28.2 Å². The number of rotatable bonds is 10. The Balaban J connectivity index is 1.82. The number of benzene rings is 2. The number of amides is 1. The Morgan fingerprint density at radius 3 is 2.41 bits per heavy atom. The molecular weight excluding hydrogens is 377 g/mol. The van der Waals surface area contributed by atoms with Crippen LogP contribution in [0.2, 0.25) is 0 Å². The molecule has 6 nitrogen and oxygen atoms in total. The maximum atomic E-state index is 13.3. The number of nitrogens with zero attached hydrogens (tertiary/aromatic N) is 1. The highest BCUT2D eigenvalue weighted by atomic mass is 19.1. The van der Waals surface area contributed by atoms with Crippen molar-refractivity contribution >= 4 is 11.9 Å². The minimum absolute atomic E-state index is 0.138. The molecule has 0 bridgehead atoms. The van der Waals surface area contributed by atoms with E-state index in [1.165, 1.54) is 17.0 Å². The van der Waals surface area contributed by atoms with Crippen molar-refractivity contribution in [3.63, 3.8) is 0 Å². The first-order chi connectivity index (χ1) is 14.0. The number of methoxy groups -OCH3 is 2. The van der Waals surface area contributed by atoms with Crippen LogP contribution in [-0.2, 0) is 27.3 Å². The predicted octanol–water partition coefficient (Wildman–Crippen LogP) is 3.37. The third kappa shape index (κ3) is 6.78. The highest BCUT2D eigenvalue weighted by Gasteiger charge is 2.15. The number of esters is 1. The zero-order chi connectivity index (χ0) is 21.2. The number of carbonyl (C=O) groups excluding carboxylic acids is 2. The van der Waals surface area contributed by atoms with Crippen LogP contribution in [0.4, 0.5) is 4.39 Å². The standard InChI is InChI=1S/C22H26FNO5/c1-4-24(14-17-6-5-7-18(23)12-17)21(25)15-29-22(26)11-9-16-8-10-19(27-2)20(13-16)28-3/h5-8,10,12-13H,4,9,11,14-15H2,1-3H3. The predicted molar refractivity (Wildman–Crippen MR) is 106 cm³/mol. The number of carbonyl (C=O) groups is 2. The molecule has 0 fully saturated rings. The van der Waals surface area contributed by atoms with Gasteiger partial charge in [-0.1, -0.05) is 18.2 Å². The smallest absolute Gasteiger partial charge is 0.306 e. The summed E-state index contributed by atoms with van der Waals surface area (Å²) in [4.78, 5) is 25.8. The molecule has 2 aromatic rings. The van der Waals surface area contributed by atoms with Crippen LogP contribution in [-0.4, -0.2) is 44.1 Å². The van der Waals surface area contributed by atoms with Crippen molar-refractivity contribution in [2.24, 2.45) is 0 Å². The SMILES string of the molecule is CCN(Cc1cccc(F)c1)C(=O)COC(=O)CCc1ccc(OC)c(OC)c1. The molecule has 0 atom stereocenters. The number of hydrogen-bond donors (Lipinski definition) is 0.